The van der Waals surface area contributed by atoms with Gasteiger partial charge in [-0.15, -0.1) is 0 Å². The second-order valence-corrected chi connectivity index (χ2v) is 6.32. The van der Waals surface area contributed by atoms with Crippen LogP contribution in [0.25, 0.3) is 0 Å². The molecule has 2 aromatic carbocycles. The number of ether oxygens (including phenoxy) is 1. The summed E-state index contributed by atoms with van der Waals surface area (Å²) in [7, 11) is 0. The van der Waals surface area contributed by atoms with Gasteiger partial charge in [0, 0.05) is 35.9 Å². The molecule has 4 aromatic rings. The number of hydrogen-bond acceptors (Lipinski definition) is 3. The standard InChI is InChI=1S/C23H16N2O/c1-3-7-21-19(5-1)23(17-9-13-24-14-10-17,18-11-15-25-16-12-18)20-6-2-4-8-22(20)26-21/h1-16H. The average molecular weight is 336 g/mol. The number of hydrogen-bond donors (Lipinski definition) is 0. The lowest BCUT2D eigenvalue weighted by atomic mass is 9.64. The van der Waals surface area contributed by atoms with Gasteiger partial charge in [-0.2, -0.15) is 0 Å². The number of nitrogens with zero attached hydrogens (tertiary/aromatic N) is 2. The molecular formula is C23H16N2O. The Morgan fingerprint density at radius 1 is 0.538 bits per heavy atom. The summed E-state index contributed by atoms with van der Waals surface area (Å²) >= 11 is 0. The summed E-state index contributed by atoms with van der Waals surface area (Å²) in [5.41, 5.74) is 4.08. The molecule has 124 valence electrons. The molecule has 1 aliphatic heterocycles. The van der Waals surface area contributed by atoms with Gasteiger partial charge in [-0.1, -0.05) is 36.4 Å². The Hall–Kier alpha value is -3.46. The topological polar surface area (TPSA) is 35.0 Å². The first-order valence-electron chi connectivity index (χ1n) is 8.58. The molecule has 0 spiro atoms. The average Bonchev–Trinajstić information content (AvgIpc) is 2.73. The van der Waals surface area contributed by atoms with E-state index in [1.807, 2.05) is 49.1 Å². The van der Waals surface area contributed by atoms with Crippen LogP contribution in [-0.4, -0.2) is 9.97 Å². The first-order chi connectivity index (χ1) is 12.9. The summed E-state index contributed by atoms with van der Waals surface area (Å²) in [4.78, 5) is 8.47. The van der Waals surface area contributed by atoms with Crippen LogP contribution in [0.15, 0.2) is 97.6 Å². The number of rotatable bonds is 2. The van der Waals surface area contributed by atoms with Crippen LogP contribution in [0.2, 0.25) is 0 Å². The molecule has 0 radical (unpaired) electrons. The van der Waals surface area contributed by atoms with Gasteiger partial charge in [0.2, 0.25) is 0 Å². The Labute approximate surface area is 152 Å². The molecule has 0 atom stereocenters. The van der Waals surface area contributed by atoms with Crippen molar-refractivity contribution in [2.75, 3.05) is 0 Å². The molecule has 3 heteroatoms. The summed E-state index contributed by atoms with van der Waals surface area (Å²) < 4.78 is 6.24. The van der Waals surface area contributed by atoms with E-state index in [9.17, 15) is 0 Å². The minimum Gasteiger partial charge on any atom is -0.457 e. The van der Waals surface area contributed by atoms with Crippen molar-refractivity contribution >= 4 is 0 Å². The van der Waals surface area contributed by atoms with E-state index in [2.05, 4.69) is 58.5 Å². The zero-order valence-electron chi connectivity index (χ0n) is 14.0. The number of pyridine rings is 2. The van der Waals surface area contributed by atoms with Gasteiger partial charge < -0.3 is 4.74 Å². The quantitative estimate of drug-likeness (QED) is 0.457. The second kappa shape index (κ2) is 5.81. The molecule has 3 nitrogen and oxygen atoms in total. The summed E-state index contributed by atoms with van der Waals surface area (Å²) in [6.45, 7) is 0. The normalized spacial score (nSPS) is 14.0. The molecule has 3 heterocycles. The van der Waals surface area contributed by atoms with E-state index in [1.165, 1.54) is 0 Å². The van der Waals surface area contributed by atoms with Crippen molar-refractivity contribution in [2.24, 2.45) is 0 Å². The monoisotopic (exact) mass is 336 g/mol. The Morgan fingerprint density at radius 2 is 0.962 bits per heavy atom. The van der Waals surface area contributed by atoms with Gasteiger partial charge in [0.15, 0.2) is 0 Å². The first kappa shape index (κ1) is 14.8. The highest BCUT2D eigenvalue weighted by molar-refractivity contribution is 5.68. The van der Waals surface area contributed by atoms with Crippen LogP contribution < -0.4 is 4.74 Å². The molecule has 0 fully saturated rings. The van der Waals surface area contributed by atoms with Gasteiger partial charge >= 0.3 is 0 Å². The minimum absolute atomic E-state index is 0.475. The fourth-order valence-corrected chi connectivity index (χ4v) is 3.99. The summed E-state index contributed by atoms with van der Waals surface area (Å²) in [5.74, 6) is 1.75. The van der Waals surface area contributed by atoms with E-state index in [-0.39, 0.29) is 0 Å². The number of para-hydroxylation sites is 2. The SMILES string of the molecule is c1ccc2c(c1)Oc1ccccc1C2(c1ccncc1)c1ccncc1. The predicted molar refractivity (Wildman–Crippen MR) is 100 cm³/mol. The van der Waals surface area contributed by atoms with Gasteiger partial charge in [-0.3, -0.25) is 9.97 Å². The van der Waals surface area contributed by atoms with Crippen LogP contribution in [0.5, 0.6) is 11.5 Å². The molecule has 0 saturated heterocycles. The van der Waals surface area contributed by atoms with Gasteiger partial charge in [-0.05, 0) is 47.5 Å². The third kappa shape index (κ3) is 2.01. The van der Waals surface area contributed by atoms with Crippen molar-refractivity contribution in [3.8, 4) is 11.5 Å². The van der Waals surface area contributed by atoms with E-state index >= 15 is 0 Å². The number of aromatic nitrogens is 2. The van der Waals surface area contributed by atoms with Gasteiger partial charge in [0.1, 0.15) is 11.5 Å². The van der Waals surface area contributed by atoms with E-state index in [4.69, 9.17) is 4.74 Å². The van der Waals surface area contributed by atoms with Crippen molar-refractivity contribution in [1.29, 1.82) is 0 Å². The molecule has 0 amide bonds. The van der Waals surface area contributed by atoms with Crippen LogP contribution in [0.4, 0.5) is 0 Å². The summed E-state index contributed by atoms with van der Waals surface area (Å²) in [6.07, 6.45) is 7.38. The van der Waals surface area contributed by atoms with E-state index in [1.54, 1.807) is 0 Å². The molecule has 0 unspecified atom stereocenters. The third-order valence-electron chi connectivity index (χ3n) is 5.03. The largest absolute Gasteiger partial charge is 0.457 e. The smallest absolute Gasteiger partial charge is 0.132 e. The van der Waals surface area contributed by atoms with Gasteiger partial charge in [-0.25, -0.2) is 0 Å². The lowest BCUT2D eigenvalue weighted by Crippen LogP contribution is -2.34. The summed E-state index contributed by atoms with van der Waals surface area (Å²) in [6, 6.07) is 24.8. The molecule has 0 aliphatic carbocycles. The van der Waals surface area contributed by atoms with Gasteiger partial charge in [0.25, 0.3) is 0 Å². The van der Waals surface area contributed by atoms with Crippen molar-refractivity contribution in [1.82, 2.24) is 9.97 Å². The molecule has 2 aromatic heterocycles. The minimum atomic E-state index is -0.475. The second-order valence-electron chi connectivity index (χ2n) is 6.32. The Bertz CT molecular complexity index is 975. The van der Waals surface area contributed by atoms with E-state index in [0.717, 1.165) is 33.8 Å². The van der Waals surface area contributed by atoms with Crippen molar-refractivity contribution < 1.29 is 4.74 Å². The third-order valence-corrected chi connectivity index (χ3v) is 5.03. The molecule has 26 heavy (non-hydrogen) atoms. The molecule has 1 aliphatic rings. The van der Waals surface area contributed by atoms with E-state index < -0.39 is 5.41 Å². The highest BCUT2D eigenvalue weighted by atomic mass is 16.5. The van der Waals surface area contributed by atoms with Crippen LogP contribution in [0.1, 0.15) is 22.3 Å². The lowest BCUT2D eigenvalue weighted by molar-refractivity contribution is 0.434. The fourth-order valence-electron chi connectivity index (χ4n) is 3.99. The van der Waals surface area contributed by atoms with Crippen molar-refractivity contribution in [2.45, 2.75) is 5.41 Å². The fraction of sp³-hybridized carbons (Fsp3) is 0.0435. The maximum absolute atomic E-state index is 6.24. The Balaban J connectivity index is 1.97. The predicted octanol–water partition coefficient (Wildman–Crippen LogP) is 4.97. The van der Waals surface area contributed by atoms with Crippen LogP contribution >= 0.6 is 0 Å². The first-order valence-corrected chi connectivity index (χ1v) is 8.58. The number of fused-ring (bicyclic) bond motifs is 2. The summed E-state index contributed by atoms with van der Waals surface area (Å²) in [5, 5.41) is 0. The lowest BCUT2D eigenvalue weighted by Gasteiger charge is -2.41. The Morgan fingerprint density at radius 3 is 1.42 bits per heavy atom. The van der Waals surface area contributed by atoms with Gasteiger partial charge in [0.05, 0.1) is 5.41 Å². The highest BCUT2D eigenvalue weighted by Crippen LogP contribution is 2.54. The van der Waals surface area contributed by atoms with Crippen molar-refractivity contribution in [3.63, 3.8) is 0 Å². The van der Waals surface area contributed by atoms with Crippen LogP contribution in [0.3, 0.4) is 0 Å². The molecule has 0 N–H and O–H groups in total. The van der Waals surface area contributed by atoms with Crippen LogP contribution in [0, 0.1) is 0 Å². The highest BCUT2D eigenvalue weighted by Gasteiger charge is 2.44. The van der Waals surface area contributed by atoms with Crippen LogP contribution in [-0.2, 0) is 5.41 Å². The Kier molecular flexibility index (Phi) is 3.32. The number of benzene rings is 2. The molecule has 0 bridgehead atoms. The molecule has 5 rings (SSSR count). The molecule has 0 saturated carbocycles. The van der Waals surface area contributed by atoms with Crippen molar-refractivity contribution in [3.05, 3.63) is 120 Å². The maximum atomic E-state index is 6.24. The van der Waals surface area contributed by atoms with E-state index in [0.29, 0.717) is 0 Å². The molecular weight excluding hydrogens is 320 g/mol. The maximum Gasteiger partial charge on any atom is 0.132 e. The zero-order valence-corrected chi connectivity index (χ0v) is 14.0. The zero-order chi connectivity index (χ0) is 17.4.